The average molecular weight is 256 g/mol. The van der Waals surface area contributed by atoms with Crippen LogP contribution in [0.2, 0.25) is 0 Å². The molecule has 1 aliphatic heterocycles. The number of ether oxygens (including phenoxy) is 1. The Hall–Kier alpha value is -1.07. The van der Waals surface area contributed by atoms with Gasteiger partial charge in [-0.25, -0.2) is 9.18 Å². The Morgan fingerprint density at radius 1 is 1.41 bits per heavy atom. The molecule has 0 radical (unpaired) electrons. The predicted molar refractivity (Wildman–Crippen MR) is 63.1 cm³/mol. The molecule has 1 aromatic rings. The van der Waals surface area contributed by atoms with Gasteiger partial charge in [-0.2, -0.15) is 0 Å². The number of aromatic carboxylic acids is 1. The maximum atomic E-state index is 13.5. The van der Waals surface area contributed by atoms with E-state index in [4.69, 9.17) is 9.84 Å². The van der Waals surface area contributed by atoms with Crippen molar-refractivity contribution in [1.82, 2.24) is 0 Å². The molecule has 0 saturated carbocycles. The number of carboxylic acid groups (broad SMARTS) is 1. The number of thioether (sulfide) groups is 1. The highest BCUT2D eigenvalue weighted by atomic mass is 32.2. The van der Waals surface area contributed by atoms with Crippen molar-refractivity contribution in [3.05, 3.63) is 29.6 Å². The molecule has 1 heterocycles. The van der Waals surface area contributed by atoms with Gasteiger partial charge < -0.3 is 9.84 Å². The maximum absolute atomic E-state index is 13.5. The Morgan fingerprint density at radius 2 is 2.12 bits per heavy atom. The van der Waals surface area contributed by atoms with E-state index in [0.717, 1.165) is 12.8 Å². The van der Waals surface area contributed by atoms with Crippen molar-refractivity contribution in [1.29, 1.82) is 0 Å². The Bertz CT molecular complexity index is 416. The fourth-order valence-electron chi connectivity index (χ4n) is 1.70. The molecule has 0 spiro atoms. The normalized spacial score (nSPS) is 17.0. The second-order valence-corrected chi connectivity index (χ2v) is 5.22. The Morgan fingerprint density at radius 3 is 2.76 bits per heavy atom. The van der Waals surface area contributed by atoms with Gasteiger partial charge in [0.2, 0.25) is 0 Å². The van der Waals surface area contributed by atoms with Crippen LogP contribution in [-0.4, -0.2) is 29.5 Å². The molecule has 1 fully saturated rings. The first-order valence-electron chi connectivity index (χ1n) is 5.44. The molecule has 1 saturated heterocycles. The molecule has 0 atom stereocenters. The van der Waals surface area contributed by atoms with Crippen LogP contribution in [0.3, 0.4) is 0 Å². The van der Waals surface area contributed by atoms with Gasteiger partial charge in [0, 0.05) is 23.4 Å². The zero-order chi connectivity index (χ0) is 12.3. The fourth-order valence-corrected chi connectivity index (χ4v) is 2.86. The van der Waals surface area contributed by atoms with Gasteiger partial charge in [-0.1, -0.05) is 0 Å². The summed E-state index contributed by atoms with van der Waals surface area (Å²) in [5.74, 6) is -1.38. The van der Waals surface area contributed by atoms with Crippen LogP contribution in [-0.2, 0) is 4.74 Å². The molecular formula is C12H13FO3S. The van der Waals surface area contributed by atoms with E-state index in [9.17, 15) is 9.18 Å². The summed E-state index contributed by atoms with van der Waals surface area (Å²) >= 11 is 1.40. The molecule has 0 aliphatic carbocycles. The monoisotopic (exact) mass is 256 g/mol. The number of halogens is 1. The SMILES string of the molecule is O=C(O)c1ccc(F)c(SC2CCOCC2)c1. The first-order chi connectivity index (χ1) is 8.16. The van der Waals surface area contributed by atoms with Gasteiger partial charge in [-0.3, -0.25) is 0 Å². The average Bonchev–Trinajstić information content (AvgIpc) is 2.33. The Labute approximate surface area is 103 Å². The van der Waals surface area contributed by atoms with E-state index >= 15 is 0 Å². The van der Waals surface area contributed by atoms with Crippen molar-refractivity contribution in [2.24, 2.45) is 0 Å². The summed E-state index contributed by atoms with van der Waals surface area (Å²) in [6.07, 6.45) is 1.75. The van der Waals surface area contributed by atoms with E-state index in [1.54, 1.807) is 0 Å². The van der Waals surface area contributed by atoms with E-state index in [0.29, 0.717) is 23.4 Å². The number of hydrogen-bond acceptors (Lipinski definition) is 3. The van der Waals surface area contributed by atoms with Gasteiger partial charge in [0.15, 0.2) is 0 Å². The van der Waals surface area contributed by atoms with Crippen LogP contribution in [0.5, 0.6) is 0 Å². The smallest absolute Gasteiger partial charge is 0.335 e. The fraction of sp³-hybridized carbons (Fsp3) is 0.417. The molecule has 3 nitrogen and oxygen atoms in total. The van der Waals surface area contributed by atoms with Gasteiger partial charge in [0.25, 0.3) is 0 Å². The molecule has 5 heteroatoms. The zero-order valence-corrected chi connectivity index (χ0v) is 10.0. The second kappa shape index (κ2) is 5.51. The number of rotatable bonds is 3. The predicted octanol–water partition coefficient (Wildman–Crippen LogP) is 2.80. The molecule has 0 bridgehead atoms. The second-order valence-electron chi connectivity index (χ2n) is 3.88. The molecule has 1 aliphatic rings. The van der Waals surface area contributed by atoms with Crippen LogP contribution in [0.25, 0.3) is 0 Å². The number of hydrogen-bond donors (Lipinski definition) is 1. The summed E-state index contributed by atoms with van der Waals surface area (Å²) in [6, 6.07) is 3.90. The van der Waals surface area contributed by atoms with Gasteiger partial charge in [0.1, 0.15) is 5.82 Å². The molecule has 17 heavy (non-hydrogen) atoms. The number of benzene rings is 1. The third kappa shape index (κ3) is 3.20. The zero-order valence-electron chi connectivity index (χ0n) is 9.19. The Balaban J connectivity index is 2.13. The van der Waals surface area contributed by atoms with Gasteiger partial charge in [0.05, 0.1) is 5.56 Å². The van der Waals surface area contributed by atoms with Crippen LogP contribution in [0.4, 0.5) is 4.39 Å². The third-order valence-electron chi connectivity index (χ3n) is 2.64. The van der Waals surface area contributed by atoms with Gasteiger partial charge >= 0.3 is 5.97 Å². The highest BCUT2D eigenvalue weighted by Crippen LogP contribution is 2.32. The van der Waals surface area contributed by atoms with Crippen molar-refractivity contribution in [2.45, 2.75) is 23.0 Å². The van der Waals surface area contributed by atoms with E-state index in [1.807, 2.05) is 0 Å². The maximum Gasteiger partial charge on any atom is 0.335 e. The first kappa shape index (κ1) is 12.4. The minimum Gasteiger partial charge on any atom is -0.478 e. The molecular weight excluding hydrogens is 243 g/mol. The summed E-state index contributed by atoms with van der Waals surface area (Å²) in [6.45, 7) is 1.38. The minimum atomic E-state index is -1.03. The van der Waals surface area contributed by atoms with Crippen LogP contribution < -0.4 is 0 Å². The van der Waals surface area contributed by atoms with Crippen LogP contribution in [0.15, 0.2) is 23.1 Å². The van der Waals surface area contributed by atoms with Crippen molar-refractivity contribution in [3.8, 4) is 0 Å². The number of carbonyl (C=O) groups is 1. The molecule has 2 rings (SSSR count). The van der Waals surface area contributed by atoms with Crippen molar-refractivity contribution in [2.75, 3.05) is 13.2 Å². The summed E-state index contributed by atoms with van der Waals surface area (Å²) in [5.41, 5.74) is 0.126. The third-order valence-corrected chi connectivity index (χ3v) is 4.01. The van der Waals surface area contributed by atoms with Gasteiger partial charge in [-0.15, -0.1) is 11.8 Å². The summed E-state index contributed by atoms with van der Waals surface area (Å²) in [7, 11) is 0. The highest BCUT2D eigenvalue weighted by Gasteiger charge is 2.18. The first-order valence-corrected chi connectivity index (χ1v) is 6.32. The molecule has 1 N–H and O–H groups in total. The van der Waals surface area contributed by atoms with E-state index in [1.165, 1.54) is 30.0 Å². The van der Waals surface area contributed by atoms with Crippen molar-refractivity contribution in [3.63, 3.8) is 0 Å². The molecule has 1 aromatic carbocycles. The van der Waals surface area contributed by atoms with Crippen LogP contribution in [0, 0.1) is 5.82 Å². The van der Waals surface area contributed by atoms with E-state index in [2.05, 4.69) is 0 Å². The van der Waals surface area contributed by atoms with Gasteiger partial charge in [-0.05, 0) is 31.0 Å². The van der Waals surface area contributed by atoms with Crippen molar-refractivity contribution < 1.29 is 19.0 Å². The lowest BCUT2D eigenvalue weighted by molar-refractivity contribution is 0.0696. The lowest BCUT2D eigenvalue weighted by Gasteiger charge is -2.21. The van der Waals surface area contributed by atoms with Crippen LogP contribution in [0.1, 0.15) is 23.2 Å². The summed E-state index contributed by atoms with van der Waals surface area (Å²) in [4.78, 5) is 11.2. The molecule has 0 amide bonds. The van der Waals surface area contributed by atoms with E-state index < -0.39 is 5.97 Å². The lowest BCUT2D eigenvalue weighted by Crippen LogP contribution is -2.17. The highest BCUT2D eigenvalue weighted by molar-refractivity contribution is 8.00. The number of carboxylic acids is 1. The summed E-state index contributed by atoms with van der Waals surface area (Å²) in [5, 5.41) is 9.16. The van der Waals surface area contributed by atoms with Crippen LogP contribution >= 0.6 is 11.8 Å². The minimum absolute atomic E-state index is 0.126. The molecule has 92 valence electrons. The molecule has 0 aromatic heterocycles. The summed E-state index contributed by atoms with van der Waals surface area (Å²) < 4.78 is 18.8. The van der Waals surface area contributed by atoms with E-state index in [-0.39, 0.29) is 11.4 Å². The Kier molecular flexibility index (Phi) is 4.02. The topological polar surface area (TPSA) is 46.5 Å². The lowest BCUT2D eigenvalue weighted by atomic mass is 10.2. The van der Waals surface area contributed by atoms with Crippen molar-refractivity contribution >= 4 is 17.7 Å². The standard InChI is InChI=1S/C12H13FO3S/c13-10-2-1-8(12(14)15)7-11(10)17-9-3-5-16-6-4-9/h1-2,7,9H,3-6H2,(H,14,15). The largest absolute Gasteiger partial charge is 0.478 e. The quantitative estimate of drug-likeness (QED) is 0.903. The molecule has 0 unspecified atom stereocenters.